The Kier molecular flexibility index (Phi) is 8.15. The van der Waals surface area contributed by atoms with Crippen molar-refractivity contribution in [1.29, 1.82) is 0 Å². The van der Waals surface area contributed by atoms with Gasteiger partial charge in [-0.05, 0) is 54.0 Å². The molecule has 8 heteroatoms. The summed E-state index contributed by atoms with van der Waals surface area (Å²) >= 11 is 11.9. The zero-order valence-corrected chi connectivity index (χ0v) is 21.9. The summed E-state index contributed by atoms with van der Waals surface area (Å²) in [5.74, 6) is -0.357. The van der Waals surface area contributed by atoms with E-state index < -0.39 is 10.0 Å². The summed E-state index contributed by atoms with van der Waals surface area (Å²) in [5.41, 5.74) is 2.98. The molecule has 5 nitrogen and oxygen atoms in total. The first-order valence-corrected chi connectivity index (χ1v) is 13.6. The summed E-state index contributed by atoms with van der Waals surface area (Å²) in [5, 5.41) is 3.82. The monoisotopic (exact) mass is 510 g/mol. The standard InChI is InChI=1S/C25H32Cl2N2O3S/c1-17(19-6-8-21(9-7-19)25(2,3)4)28-24(30)20-11-13-29(14-12-20)33(31,32)16-18-5-10-22(26)23(27)15-18/h5-10,15,17,20H,11-14,16H2,1-4H3,(H,28,30). The number of amides is 1. The second-order valence-electron chi connectivity index (χ2n) is 9.78. The largest absolute Gasteiger partial charge is 0.349 e. The number of hydrogen-bond donors (Lipinski definition) is 1. The Labute approximate surface area is 207 Å². The molecule has 0 aliphatic carbocycles. The fraction of sp³-hybridized carbons (Fsp3) is 0.480. The zero-order valence-electron chi connectivity index (χ0n) is 19.6. The second-order valence-corrected chi connectivity index (χ2v) is 12.6. The molecule has 1 fully saturated rings. The molecule has 0 saturated carbocycles. The van der Waals surface area contributed by atoms with Crippen LogP contribution in [0.15, 0.2) is 42.5 Å². The van der Waals surface area contributed by atoms with Crippen LogP contribution < -0.4 is 5.32 Å². The maximum atomic E-state index is 12.8. The lowest BCUT2D eigenvalue weighted by Crippen LogP contribution is -2.43. The Balaban J connectivity index is 1.54. The zero-order chi connectivity index (χ0) is 24.4. The molecule has 180 valence electrons. The summed E-state index contributed by atoms with van der Waals surface area (Å²) in [6, 6.07) is 13.1. The van der Waals surface area contributed by atoms with Gasteiger partial charge in [0.25, 0.3) is 0 Å². The quantitative estimate of drug-likeness (QED) is 0.540. The van der Waals surface area contributed by atoms with E-state index in [1.165, 1.54) is 9.87 Å². The fourth-order valence-electron chi connectivity index (χ4n) is 4.01. The summed E-state index contributed by atoms with van der Waals surface area (Å²) < 4.78 is 27.1. The van der Waals surface area contributed by atoms with Gasteiger partial charge in [0.05, 0.1) is 21.8 Å². The number of rotatable bonds is 6. The first-order valence-electron chi connectivity index (χ1n) is 11.2. The van der Waals surface area contributed by atoms with Crippen molar-refractivity contribution in [2.24, 2.45) is 5.92 Å². The minimum atomic E-state index is -3.50. The highest BCUT2D eigenvalue weighted by Gasteiger charge is 2.31. The van der Waals surface area contributed by atoms with Crippen LogP contribution in [0.5, 0.6) is 0 Å². The van der Waals surface area contributed by atoms with Crippen LogP contribution in [-0.4, -0.2) is 31.7 Å². The van der Waals surface area contributed by atoms with Gasteiger partial charge in [0, 0.05) is 19.0 Å². The van der Waals surface area contributed by atoms with Crippen LogP contribution in [0.4, 0.5) is 0 Å². The molecule has 1 aliphatic heterocycles. The summed E-state index contributed by atoms with van der Waals surface area (Å²) in [7, 11) is -3.50. The SMILES string of the molecule is CC(NC(=O)C1CCN(S(=O)(=O)Cc2ccc(Cl)c(Cl)c2)CC1)c1ccc(C(C)(C)C)cc1. The number of sulfonamides is 1. The van der Waals surface area contributed by atoms with Crippen molar-refractivity contribution in [2.45, 2.75) is 57.7 Å². The minimum absolute atomic E-state index is 0.0241. The van der Waals surface area contributed by atoms with E-state index in [0.717, 1.165) is 5.56 Å². The molecule has 1 saturated heterocycles. The number of benzene rings is 2. The van der Waals surface area contributed by atoms with Crippen molar-refractivity contribution in [2.75, 3.05) is 13.1 Å². The Morgan fingerprint density at radius 1 is 1.06 bits per heavy atom. The van der Waals surface area contributed by atoms with Gasteiger partial charge in [-0.1, -0.05) is 74.3 Å². The highest BCUT2D eigenvalue weighted by atomic mass is 35.5. The number of hydrogen-bond acceptors (Lipinski definition) is 3. The number of nitrogens with one attached hydrogen (secondary N) is 1. The van der Waals surface area contributed by atoms with Crippen LogP contribution in [-0.2, 0) is 26.0 Å². The molecular weight excluding hydrogens is 479 g/mol. The van der Waals surface area contributed by atoms with Gasteiger partial charge in [0.2, 0.25) is 15.9 Å². The lowest BCUT2D eigenvalue weighted by Gasteiger charge is -2.31. The molecule has 0 bridgehead atoms. The molecule has 0 spiro atoms. The molecule has 33 heavy (non-hydrogen) atoms. The molecule has 1 atom stereocenters. The van der Waals surface area contributed by atoms with Gasteiger partial charge in [0.15, 0.2) is 0 Å². The third-order valence-corrected chi connectivity index (χ3v) is 8.78. The van der Waals surface area contributed by atoms with Gasteiger partial charge in [-0.3, -0.25) is 4.79 Å². The van der Waals surface area contributed by atoms with Gasteiger partial charge >= 0.3 is 0 Å². The second kappa shape index (κ2) is 10.3. The molecular formula is C25H32Cl2N2O3S. The molecule has 1 N–H and O–H groups in total. The van der Waals surface area contributed by atoms with E-state index in [2.05, 4.69) is 50.4 Å². The highest BCUT2D eigenvalue weighted by Crippen LogP contribution is 2.27. The van der Waals surface area contributed by atoms with E-state index in [9.17, 15) is 13.2 Å². The van der Waals surface area contributed by atoms with Crippen LogP contribution in [0.1, 0.15) is 63.3 Å². The van der Waals surface area contributed by atoms with Crippen LogP contribution in [0, 0.1) is 5.92 Å². The van der Waals surface area contributed by atoms with E-state index in [4.69, 9.17) is 23.2 Å². The Morgan fingerprint density at radius 3 is 2.21 bits per heavy atom. The number of carbonyl (C=O) groups is 1. The molecule has 1 amide bonds. The van der Waals surface area contributed by atoms with Crippen molar-refractivity contribution in [1.82, 2.24) is 9.62 Å². The van der Waals surface area contributed by atoms with E-state index >= 15 is 0 Å². The molecule has 1 aliphatic rings. The van der Waals surface area contributed by atoms with Crippen molar-refractivity contribution in [3.05, 3.63) is 69.2 Å². The van der Waals surface area contributed by atoms with Gasteiger partial charge in [0.1, 0.15) is 0 Å². The summed E-state index contributed by atoms with van der Waals surface area (Å²) in [6.45, 7) is 9.15. The predicted octanol–water partition coefficient (Wildman–Crippen LogP) is 5.71. The molecule has 1 unspecified atom stereocenters. The van der Waals surface area contributed by atoms with Gasteiger partial charge in [-0.25, -0.2) is 12.7 Å². The van der Waals surface area contributed by atoms with E-state index in [1.54, 1.807) is 18.2 Å². The lowest BCUT2D eigenvalue weighted by atomic mass is 9.86. The van der Waals surface area contributed by atoms with Crippen molar-refractivity contribution in [3.63, 3.8) is 0 Å². The molecule has 2 aromatic rings. The molecule has 2 aromatic carbocycles. The van der Waals surface area contributed by atoms with Crippen LogP contribution in [0.3, 0.4) is 0 Å². The first-order chi connectivity index (χ1) is 15.4. The summed E-state index contributed by atoms with van der Waals surface area (Å²) in [4.78, 5) is 12.8. The number of nitrogens with zero attached hydrogens (tertiary/aromatic N) is 1. The molecule has 0 radical (unpaired) electrons. The van der Waals surface area contributed by atoms with Crippen LogP contribution >= 0.6 is 23.2 Å². The number of halogens is 2. The normalized spacial score (nSPS) is 17.0. The third-order valence-electron chi connectivity index (χ3n) is 6.19. The predicted molar refractivity (Wildman–Crippen MR) is 135 cm³/mol. The van der Waals surface area contributed by atoms with E-state index in [1.807, 2.05) is 6.92 Å². The van der Waals surface area contributed by atoms with Gasteiger partial charge < -0.3 is 5.32 Å². The lowest BCUT2D eigenvalue weighted by molar-refractivity contribution is -0.126. The van der Waals surface area contributed by atoms with Gasteiger partial charge in [-0.2, -0.15) is 0 Å². The van der Waals surface area contributed by atoms with Crippen molar-refractivity contribution < 1.29 is 13.2 Å². The fourth-order valence-corrected chi connectivity index (χ4v) is 5.89. The topological polar surface area (TPSA) is 66.5 Å². The first kappa shape index (κ1) is 26.0. The van der Waals surface area contributed by atoms with Crippen molar-refractivity contribution >= 4 is 39.1 Å². The molecule has 3 rings (SSSR count). The van der Waals surface area contributed by atoms with Crippen LogP contribution in [0.2, 0.25) is 10.0 Å². The third kappa shape index (κ3) is 6.72. The smallest absolute Gasteiger partial charge is 0.223 e. The Bertz CT molecular complexity index is 1090. The maximum absolute atomic E-state index is 12.8. The molecule has 0 aromatic heterocycles. The average Bonchev–Trinajstić information content (AvgIpc) is 2.75. The Morgan fingerprint density at radius 2 is 1.67 bits per heavy atom. The number of piperidine rings is 1. The highest BCUT2D eigenvalue weighted by molar-refractivity contribution is 7.88. The maximum Gasteiger partial charge on any atom is 0.223 e. The van der Waals surface area contributed by atoms with E-state index in [-0.39, 0.29) is 29.0 Å². The van der Waals surface area contributed by atoms with Gasteiger partial charge in [-0.15, -0.1) is 0 Å². The summed E-state index contributed by atoms with van der Waals surface area (Å²) in [6.07, 6.45) is 1.00. The number of carbonyl (C=O) groups excluding carboxylic acids is 1. The minimum Gasteiger partial charge on any atom is -0.349 e. The van der Waals surface area contributed by atoms with Crippen molar-refractivity contribution in [3.8, 4) is 0 Å². The van der Waals surface area contributed by atoms with E-state index in [0.29, 0.717) is 41.5 Å². The Hall–Kier alpha value is -1.60. The molecule has 1 heterocycles. The van der Waals surface area contributed by atoms with Crippen LogP contribution in [0.25, 0.3) is 0 Å². The average molecular weight is 512 g/mol.